The number of nitrogens with zero attached hydrogens (tertiary/aromatic N) is 1. The van der Waals surface area contributed by atoms with Gasteiger partial charge in [-0.05, 0) is 60.7 Å². The lowest BCUT2D eigenvalue weighted by atomic mass is 10.1. The highest BCUT2D eigenvalue weighted by Crippen LogP contribution is 2.29. The lowest BCUT2D eigenvalue weighted by Gasteiger charge is -2.29. The van der Waals surface area contributed by atoms with E-state index in [0.717, 1.165) is 18.5 Å². The van der Waals surface area contributed by atoms with Crippen molar-refractivity contribution in [3.63, 3.8) is 0 Å². The zero-order chi connectivity index (χ0) is 19.5. The number of amides is 2. The fourth-order valence-electron chi connectivity index (χ4n) is 3.67. The summed E-state index contributed by atoms with van der Waals surface area (Å²) in [4.78, 5) is 25.7. The van der Waals surface area contributed by atoms with Gasteiger partial charge in [-0.15, -0.1) is 0 Å². The topological polar surface area (TPSA) is 70.7 Å². The summed E-state index contributed by atoms with van der Waals surface area (Å²) in [5, 5.41) is 6.08. The molecule has 0 unspecified atom stereocenters. The maximum Gasteiger partial charge on any atom is 0.262 e. The monoisotopic (exact) mass is 399 g/mol. The van der Waals surface area contributed by atoms with E-state index < -0.39 is 0 Å². The number of rotatable bonds is 5. The SMILES string of the molecule is O=C1CN(c2ccc(NC(=O)COc3ccc4c(c3)CCC4)cc2Cl)CCN1. The maximum atomic E-state index is 12.2. The van der Waals surface area contributed by atoms with Crippen LogP contribution in [-0.2, 0) is 22.4 Å². The van der Waals surface area contributed by atoms with Gasteiger partial charge in [0, 0.05) is 18.8 Å². The standard InChI is InChI=1S/C21H22ClN3O3/c22-18-11-16(5-7-19(18)25-9-8-23-20(26)12-25)24-21(27)13-28-17-6-4-14-2-1-3-15(14)10-17/h4-7,10-11H,1-3,8-9,12-13H2,(H,23,26)(H,24,27). The first-order valence-electron chi connectivity index (χ1n) is 9.44. The van der Waals surface area contributed by atoms with Gasteiger partial charge in [-0.2, -0.15) is 0 Å². The molecule has 2 aliphatic rings. The van der Waals surface area contributed by atoms with Crippen molar-refractivity contribution in [3.8, 4) is 5.75 Å². The first-order valence-corrected chi connectivity index (χ1v) is 9.82. The van der Waals surface area contributed by atoms with Crippen molar-refractivity contribution in [2.45, 2.75) is 19.3 Å². The highest BCUT2D eigenvalue weighted by atomic mass is 35.5. The summed E-state index contributed by atoms with van der Waals surface area (Å²) in [6.45, 7) is 1.50. The van der Waals surface area contributed by atoms with Crippen molar-refractivity contribution in [2.75, 3.05) is 36.5 Å². The molecule has 2 aromatic rings. The molecule has 0 aromatic heterocycles. The molecule has 4 rings (SSSR count). The highest BCUT2D eigenvalue weighted by molar-refractivity contribution is 6.33. The van der Waals surface area contributed by atoms with Crippen LogP contribution in [0.4, 0.5) is 11.4 Å². The maximum absolute atomic E-state index is 12.2. The molecular formula is C21H22ClN3O3. The minimum absolute atomic E-state index is 0.0246. The van der Waals surface area contributed by atoms with Gasteiger partial charge in [-0.3, -0.25) is 9.59 Å². The molecule has 2 amide bonds. The summed E-state index contributed by atoms with van der Waals surface area (Å²) in [6, 6.07) is 11.3. The van der Waals surface area contributed by atoms with Crippen molar-refractivity contribution in [3.05, 3.63) is 52.5 Å². The third kappa shape index (κ3) is 4.22. The normalized spacial score (nSPS) is 15.8. The number of piperazine rings is 1. The van der Waals surface area contributed by atoms with Crippen molar-refractivity contribution >= 4 is 34.8 Å². The summed E-state index contributed by atoms with van der Waals surface area (Å²) < 4.78 is 5.63. The molecule has 2 N–H and O–H groups in total. The molecule has 1 aliphatic carbocycles. The van der Waals surface area contributed by atoms with E-state index in [1.54, 1.807) is 12.1 Å². The number of fused-ring (bicyclic) bond motifs is 1. The van der Waals surface area contributed by atoms with Gasteiger partial charge in [0.2, 0.25) is 5.91 Å². The lowest BCUT2D eigenvalue weighted by Crippen LogP contribution is -2.47. The largest absolute Gasteiger partial charge is 0.484 e. The molecule has 0 saturated carbocycles. The Kier molecular flexibility index (Phi) is 5.39. The average molecular weight is 400 g/mol. The Morgan fingerprint density at radius 1 is 1.18 bits per heavy atom. The average Bonchev–Trinajstić information content (AvgIpc) is 3.14. The van der Waals surface area contributed by atoms with E-state index in [1.807, 2.05) is 23.1 Å². The minimum Gasteiger partial charge on any atom is -0.484 e. The van der Waals surface area contributed by atoms with Crippen LogP contribution in [0.3, 0.4) is 0 Å². The molecule has 146 valence electrons. The Labute approximate surface area is 168 Å². The molecule has 0 radical (unpaired) electrons. The van der Waals surface area contributed by atoms with Gasteiger partial charge < -0.3 is 20.3 Å². The van der Waals surface area contributed by atoms with Crippen LogP contribution in [0.2, 0.25) is 5.02 Å². The quantitative estimate of drug-likeness (QED) is 0.811. The van der Waals surface area contributed by atoms with Crippen LogP contribution in [0, 0.1) is 0 Å². The Morgan fingerprint density at radius 2 is 2.04 bits per heavy atom. The molecule has 2 aromatic carbocycles. The smallest absolute Gasteiger partial charge is 0.262 e. The van der Waals surface area contributed by atoms with E-state index in [4.69, 9.17) is 16.3 Å². The van der Waals surface area contributed by atoms with Gasteiger partial charge in [0.15, 0.2) is 6.61 Å². The van der Waals surface area contributed by atoms with E-state index in [9.17, 15) is 9.59 Å². The summed E-state index contributed by atoms with van der Waals surface area (Å²) in [5.41, 5.74) is 4.06. The van der Waals surface area contributed by atoms with Gasteiger partial charge in [0.1, 0.15) is 5.75 Å². The number of carbonyl (C=O) groups is 2. The van der Waals surface area contributed by atoms with E-state index in [2.05, 4.69) is 16.7 Å². The molecule has 0 spiro atoms. The number of hydrogen-bond acceptors (Lipinski definition) is 4. The first-order chi connectivity index (χ1) is 13.6. The van der Waals surface area contributed by atoms with Crippen LogP contribution in [0.25, 0.3) is 0 Å². The van der Waals surface area contributed by atoms with Crippen LogP contribution >= 0.6 is 11.6 Å². The molecule has 1 fully saturated rings. The number of benzene rings is 2. The molecular weight excluding hydrogens is 378 g/mol. The van der Waals surface area contributed by atoms with Crippen LogP contribution in [0.15, 0.2) is 36.4 Å². The molecule has 28 heavy (non-hydrogen) atoms. The lowest BCUT2D eigenvalue weighted by molar-refractivity contribution is -0.120. The highest BCUT2D eigenvalue weighted by Gasteiger charge is 2.19. The molecule has 7 heteroatoms. The Hall–Kier alpha value is -2.73. The summed E-state index contributed by atoms with van der Waals surface area (Å²) in [6.07, 6.45) is 3.37. The Bertz CT molecular complexity index is 916. The number of halogens is 1. The van der Waals surface area contributed by atoms with E-state index in [1.165, 1.54) is 17.5 Å². The number of nitrogens with one attached hydrogen (secondary N) is 2. The predicted molar refractivity (Wildman–Crippen MR) is 109 cm³/mol. The third-order valence-electron chi connectivity index (χ3n) is 5.05. The van der Waals surface area contributed by atoms with Gasteiger partial charge in [-0.25, -0.2) is 0 Å². The fraction of sp³-hybridized carbons (Fsp3) is 0.333. The first kappa shape index (κ1) is 18.6. The van der Waals surface area contributed by atoms with Gasteiger partial charge in [0.05, 0.1) is 17.3 Å². The molecule has 1 aliphatic heterocycles. The predicted octanol–water partition coefficient (Wildman–Crippen LogP) is 2.78. The summed E-state index contributed by atoms with van der Waals surface area (Å²) >= 11 is 6.37. The Morgan fingerprint density at radius 3 is 2.86 bits per heavy atom. The zero-order valence-corrected chi connectivity index (χ0v) is 16.2. The van der Waals surface area contributed by atoms with Crippen molar-refractivity contribution < 1.29 is 14.3 Å². The van der Waals surface area contributed by atoms with E-state index >= 15 is 0 Å². The van der Waals surface area contributed by atoms with Gasteiger partial charge >= 0.3 is 0 Å². The van der Waals surface area contributed by atoms with Crippen molar-refractivity contribution in [1.82, 2.24) is 5.32 Å². The van der Waals surface area contributed by atoms with Gasteiger partial charge in [0.25, 0.3) is 5.91 Å². The third-order valence-corrected chi connectivity index (χ3v) is 5.35. The van der Waals surface area contributed by atoms with Crippen LogP contribution in [0.5, 0.6) is 5.75 Å². The van der Waals surface area contributed by atoms with Crippen LogP contribution < -0.4 is 20.3 Å². The molecule has 0 atom stereocenters. The second kappa shape index (κ2) is 8.10. The van der Waals surface area contributed by atoms with E-state index in [0.29, 0.717) is 29.5 Å². The number of aryl methyl sites for hydroxylation is 2. The van der Waals surface area contributed by atoms with E-state index in [-0.39, 0.29) is 25.0 Å². The van der Waals surface area contributed by atoms with Crippen LogP contribution in [-0.4, -0.2) is 38.1 Å². The molecule has 1 heterocycles. The van der Waals surface area contributed by atoms with Crippen LogP contribution in [0.1, 0.15) is 17.5 Å². The minimum atomic E-state index is -0.248. The zero-order valence-electron chi connectivity index (χ0n) is 15.5. The van der Waals surface area contributed by atoms with Crippen molar-refractivity contribution in [2.24, 2.45) is 0 Å². The fourth-order valence-corrected chi connectivity index (χ4v) is 3.97. The second-order valence-electron chi connectivity index (χ2n) is 7.06. The van der Waals surface area contributed by atoms with Crippen molar-refractivity contribution in [1.29, 1.82) is 0 Å². The van der Waals surface area contributed by atoms with Gasteiger partial charge in [-0.1, -0.05) is 17.7 Å². The summed E-state index contributed by atoms with van der Waals surface area (Å²) in [5.74, 6) is 0.442. The number of ether oxygens (including phenoxy) is 1. The number of anilines is 2. The number of carbonyl (C=O) groups excluding carboxylic acids is 2. The molecule has 0 bridgehead atoms. The molecule has 6 nitrogen and oxygen atoms in total. The summed E-state index contributed by atoms with van der Waals surface area (Å²) in [7, 11) is 0. The number of hydrogen-bond donors (Lipinski definition) is 2. The molecule has 1 saturated heterocycles. The second-order valence-corrected chi connectivity index (χ2v) is 7.47. The Balaban J connectivity index is 1.34.